The van der Waals surface area contributed by atoms with Gasteiger partial charge in [-0.25, -0.2) is 9.78 Å². The largest absolute Gasteiger partial charge is 0.476 e. The van der Waals surface area contributed by atoms with E-state index >= 15 is 0 Å². The maximum atomic E-state index is 10.8. The number of carboxylic acids is 1. The minimum atomic E-state index is -0.917. The van der Waals surface area contributed by atoms with Crippen LogP contribution < -0.4 is 0 Å². The lowest BCUT2D eigenvalue weighted by molar-refractivity contribution is 0.0690. The highest BCUT2D eigenvalue weighted by Crippen LogP contribution is 2.21. The van der Waals surface area contributed by atoms with Crippen LogP contribution in [0.15, 0.2) is 0 Å². The second-order valence-corrected chi connectivity index (χ2v) is 4.70. The Morgan fingerprint density at radius 3 is 2.69 bits per heavy atom. The van der Waals surface area contributed by atoms with Crippen LogP contribution in [0.3, 0.4) is 0 Å². The number of aromatic carboxylic acids is 1. The molecule has 13 heavy (non-hydrogen) atoms. The topological polar surface area (TPSA) is 50.2 Å². The van der Waals surface area contributed by atoms with Crippen molar-refractivity contribution in [2.45, 2.75) is 27.2 Å². The molecule has 0 bridgehead atoms. The summed E-state index contributed by atoms with van der Waals surface area (Å²) in [6.07, 6.45) is 0.799. The SMILES string of the molecule is Cc1nc(C(=O)O)c(CC(C)C)s1. The lowest BCUT2D eigenvalue weighted by Gasteiger charge is -2.01. The molecule has 1 heterocycles. The third-order valence-electron chi connectivity index (χ3n) is 1.60. The van der Waals surface area contributed by atoms with Crippen LogP contribution in [0.2, 0.25) is 0 Å². The number of hydrogen-bond donors (Lipinski definition) is 1. The molecule has 0 radical (unpaired) electrons. The summed E-state index contributed by atoms with van der Waals surface area (Å²) in [4.78, 5) is 15.6. The van der Waals surface area contributed by atoms with E-state index in [9.17, 15) is 4.79 Å². The molecule has 0 fully saturated rings. The van der Waals surface area contributed by atoms with Crippen molar-refractivity contribution in [3.63, 3.8) is 0 Å². The molecule has 0 saturated carbocycles. The zero-order valence-electron chi connectivity index (χ0n) is 8.00. The molecule has 72 valence electrons. The van der Waals surface area contributed by atoms with Crippen LogP contribution in [0.5, 0.6) is 0 Å². The molecular formula is C9H13NO2S. The smallest absolute Gasteiger partial charge is 0.355 e. The maximum absolute atomic E-state index is 10.8. The summed E-state index contributed by atoms with van der Waals surface area (Å²) in [6.45, 7) is 5.97. The molecule has 4 heteroatoms. The monoisotopic (exact) mass is 199 g/mol. The van der Waals surface area contributed by atoms with Gasteiger partial charge in [0.2, 0.25) is 0 Å². The quantitative estimate of drug-likeness (QED) is 0.813. The fraction of sp³-hybridized carbons (Fsp3) is 0.556. The van der Waals surface area contributed by atoms with E-state index in [4.69, 9.17) is 5.11 Å². The van der Waals surface area contributed by atoms with E-state index in [0.717, 1.165) is 16.3 Å². The van der Waals surface area contributed by atoms with Gasteiger partial charge >= 0.3 is 5.97 Å². The van der Waals surface area contributed by atoms with Crippen molar-refractivity contribution in [3.8, 4) is 0 Å². The Bertz CT molecular complexity index is 317. The van der Waals surface area contributed by atoms with Gasteiger partial charge in [0.15, 0.2) is 5.69 Å². The second kappa shape index (κ2) is 3.87. The third-order valence-corrected chi connectivity index (χ3v) is 2.59. The van der Waals surface area contributed by atoms with E-state index in [0.29, 0.717) is 5.92 Å². The normalized spacial score (nSPS) is 10.8. The highest BCUT2D eigenvalue weighted by molar-refractivity contribution is 7.11. The van der Waals surface area contributed by atoms with E-state index < -0.39 is 5.97 Å². The minimum Gasteiger partial charge on any atom is -0.476 e. The number of rotatable bonds is 3. The molecule has 0 amide bonds. The molecule has 0 aliphatic rings. The Kier molecular flexibility index (Phi) is 3.03. The van der Waals surface area contributed by atoms with E-state index in [1.807, 2.05) is 6.92 Å². The van der Waals surface area contributed by atoms with Gasteiger partial charge in [-0.1, -0.05) is 13.8 Å². The van der Waals surface area contributed by atoms with Crippen LogP contribution >= 0.6 is 11.3 Å². The van der Waals surface area contributed by atoms with E-state index in [2.05, 4.69) is 18.8 Å². The Balaban J connectivity index is 2.97. The van der Waals surface area contributed by atoms with Gasteiger partial charge in [0.05, 0.1) is 5.01 Å². The molecular weight excluding hydrogens is 186 g/mol. The van der Waals surface area contributed by atoms with Crippen LogP contribution in [0.1, 0.15) is 34.2 Å². The first-order valence-corrected chi connectivity index (χ1v) is 5.02. The molecule has 3 nitrogen and oxygen atoms in total. The van der Waals surface area contributed by atoms with E-state index in [-0.39, 0.29) is 5.69 Å². The predicted octanol–water partition coefficient (Wildman–Crippen LogP) is 2.35. The Morgan fingerprint density at radius 2 is 2.23 bits per heavy atom. The number of hydrogen-bond acceptors (Lipinski definition) is 3. The summed E-state index contributed by atoms with van der Waals surface area (Å²) >= 11 is 1.48. The van der Waals surface area contributed by atoms with E-state index in [1.54, 1.807) is 0 Å². The fourth-order valence-electron chi connectivity index (χ4n) is 1.15. The van der Waals surface area contributed by atoms with Crippen LogP contribution in [0.25, 0.3) is 0 Å². The number of nitrogens with zero attached hydrogens (tertiary/aromatic N) is 1. The summed E-state index contributed by atoms with van der Waals surface area (Å²) in [6, 6.07) is 0. The first-order chi connectivity index (χ1) is 6.00. The van der Waals surface area contributed by atoms with Gasteiger partial charge in [-0.3, -0.25) is 0 Å². The summed E-state index contributed by atoms with van der Waals surface area (Å²) in [5, 5.41) is 9.66. The summed E-state index contributed by atoms with van der Waals surface area (Å²) in [7, 11) is 0. The van der Waals surface area contributed by atoms with Gasteiger partial charge < -0.3 is 5.11 Å². The van der Waals surface area contributed by atoms with Gasteiger partial charge in [0, 0.05) is 4.88 Å². The van der Waals surface area contributed by atoms with Crippen molar-refractivity contribution in [2.24, 2.45) is 5.92 Å². The lowest BCUT2D eigenvalue weighted by atomic mass is 10.1. The van der Waals surface area contributed by atoms with Gasteiger partial charge in [0.25, 0.3) is 0 Å². The molecule has 1 aromatic heterocycles. The molecule has 0 aromatic carbocycles. The number of aryl methyl sites for hydroxylation is 1. The Labute approximate surface area is 81.4 Å². The zero-order chi connectivity index (χ0) is 10.0. The summed E-state index contributed by atoms with van der Waals surface area (Å²) in [5.74, 6) is -0.446. The van der Waals surface area contributed by atoms with Crippen LogP contribution in [0, 0.1) is 12.8 Å². The zero-order valence-corrected chi connectivity index (χ0v) is 8.81. The van der Waals surface area contributed by atoms with Crippen molar-refractivity contribution in [2.75, 3.05) is 0 Å². The van der Waals surface area contributed by atoms with Crippen molar-refractivity contribution in [1.82, 2.24) is 4.98 Å². The average Bonchev–Trinajstić information content (AvgIpc) is 2.29. The van der Waals surface area contributed by atoms with Crippen molar-refractivity contribution in [3.05, 3.63) is 15.6 Å². The molecule has 1 rings (SSSR count). The van der Waals surface area contributed by atoms with Gasteiger partial charge in [-0.05, 0) is 19.3 Å². The Hall–Kier alpha value is -0.900. The lowest BCUT2D eigenvalue weighted by Crippen LogP contribution is -2.03. The van der Waals surface area contributed by atoms with Crippen molar-refractivity contribution < 1.29 is 9.90 Å². The number of thiazole rings is 1. The van der Waals surface area contributed by atoms with E-state index in [1.165, 1.54) is 11.3 Å². The number of carboxylic acid groups (broad SMARTS) is 1. The molecule has 1 N–H and O–H groups in total. The molecule has 0 saturated heterocycles. The fourth-order valence-corrected chi connectivity index (χ4v) is 2.29. The standard InChI is InChI=1S/C9H13NO2S/c1-5(2)4-7-8(9(11)12)10-6(3)13-7/h5H,4H2,1-3H3,(H,11,12). The van der Waals surface area contributed by atoms with Crippen LogP contribution in [-0.4, -0.2) is 16.1 Å². The highest BCUT2D eigenvalue weighted by Gasteiger charge is 2.16. The molecule has 0 atom stereocenters. The predicted molar refractivity (Wildman–Crippen MR) is 52.4 cm³/mol. The van der Waals surface area contributed by atoms with Gasteiger partial charge in [0.1, 0.15) is 0 Å². The Morgan fingerprint density at radius 1 is 1.62 bits per heavy atom. The van der Waals surface area contributed by atoms with Crippen LogP contribution in [0.4, 0.5) is 0 Å². The maximum Gasteiger partial charge on any atom is 0.355 e. The summed E-state index contributed by atoms with van der Waals surface area (Å²) < 4.78 is 0. The molecule has 0 aliphatic heterocycles. The molecule has 1 aromatic rings. The number of aromatic nitrogens is 1. The molecule has 0 aliphatic carbocycles. The third kappa shape index (κ3) is 2.52. The first kappa shape index (κ1) is 10.2. The molecule has 0 spiro atoms. The van der Waals surface area contributed by atoms with Crippen molar-refractivity contribution >= 4 is 17.3 Å². The number of carbonyl (C=O) groups is 1. The van der Waals surface area contributed by atoms with Gasteiger partial charge in [-0.15, -0.1) is 11.3 Å². The summed E-state index contributed by atoms with van der Waals surface area (Å²) in [5.41, 5.74) is 0.233. The van der Waals surface area contributed by atoms with Crippen LogP contribution in [-0.2, 0) is 6.42 Å². The second-order valence-electron chi connectivity index (χ2n) is 3.41. The van der Waals surface area contributed by atoms with Gasteiger partial charge in [-0.2, -0.15) is 0 Å². The van der Waals surface area contributed by atoms with Crippen molar-refractivity contribution in [1.29, 1.82) is 0 Å². The highest BCUT2D eigenvalue weighted by atomic mass is 32.1. The average molecular weight is 199 g/mol. The first-order valence-electron chi connectivity index (χ1n) is 4.20. The molecule has 0 unspecified atom stereocenters. The minimum absolute atomic E-state index is 0.233.